The van der Waals surface area contributed by atoms with Crippen molar-refractivity contribution < 1.29 is 14.1 Å². The van der Waals surface area contributed by atoms with Crippen LogP contribution in [0.15, 0.2) is 10.7 Å². The Balaban J connectivity index is 1.07. The van der Waals surface area contributed by atoms with Crippen LogP contribution >= 0.6 is 0 Å². The Morgan fingerprint density at radius 1 is 1.10 bits per heavy atom. The largest absolute Gasteiger partial charge is 0.490 e. The molecule has 0 spiro atoms. The van der Waals surface area contributed by atoms with Gasteiger partial charge in [0.1, 0.15) is 0 Å². The van der Waals surface area contributed by atoms with Gasteiger partial charge in [-0.05, 0) is 50.9 Å². The third kappa shape index (κ3) is 6.28. The fraction of sp³-hybridized carbons (Fsp3) is 0.750. The molecule has 3 fully saturated rings. The predicted molar refractivity (Wildman–Crippen MR) is 149 cm³/mol. The molecule has 0 bridgehead atoms. The number of hydrogen-bond acceptors (Lipinski definition) is 10. The van der Waals surface area contributed by atoms with Gasteiger partial charge in [-0.25, -0.2) is 9.97 Å². The molecule has 0 radical (unpaired) electrons. The summed E-state index contributed by atoms with van der Waals surface area (Å²) in [5.41, 5.74) is 7.27. The van der Waals surface area contributed by atoms with E-state index in [1.54, 1.807) is 6.20 Å². The van der Waals surface area contributed by atoms with Gasteiger partial charge in [-0.15, -0.1) is 0 Å². The van der Waals surface area contributed by atoms with E-state index in [0.29, 0.717) is 49.9 Å². The van der Waals surface area contributed by atoms with E-state index in [1.165, 1.54) is 0 Å². The molecule has 11 nitrogen and oxygen atoms in total. The standard InChI is InChI=1S/C28H44N8O3/c1-18(2)26-32-28(39-33-26)34-12-8-21(9-13-34)19(3)10-14-38-24-15-30-27(31-20(24)4)35-16-22(29)23(17-35)36-11-6-5-7-25(36)37/h15,18-19,21-23H,5-14,16-17,29H2,1-4H3/t19-,22+,23+/m1/s1. The predicted octanol–water partition coefficient (Wildman–Crippen LogP) is 3.14. The topological polar surface area (TPSA) is 127 Å². The number of ether oxygens (including phenoxy) is 1. The van der Waals surface area contributed by atoms with Crippen molar-refractivity contribution in [1.29, 1.82) is 0 Å². The lowest BCUT2D eigenvalue weighted by atomic mass is 9.84. The molecule has 214 valence electrons. The lowest BCUT2D eigenvalue weighted by Crippen LogP contribution is -2.51. The fourth-order valence-electron chi connectivity index (χ4n) is 6.06. The summed E-state index contributed by atoms with van der Waals surface area (Å²) in [6.45, 7) is 13.1. The molecule has 0 aliphatic carbocycles. The van der Waals surface area contributed by atoms with E-state index in [0.717, 1.165) is 69.0 Å². The zero-order valence-electron chi connectivity index (χ0n) is 23.9. The number of rotatable bonds is 9. The third-order valence-corrected chi connectivity index (χ3v) is 8.69. The van der Waals surface area contributed by atoms with Gasteiger partial charge in [0.05, 0.1) is 24.5 Å². The van der Waals surface area contributed by atoms with Gasteiger partial charge in [-0.3, -0.25) is 4.79 Å². The Morgan fingerprint density at radius 3 is 2.59 bits per heavy atom. The molecule has 5 rings (SSSR count). The van der Waals surface area contributed by atoms with Crippen molar-refractivity contribution in [2.45, 2.75) is 84.2 Å². The molecule has 3 saturated heterocycles. The van der Waals surface area contributed by atoms with Crippen LogP contribution in [0.3, 0.4) is 0 Å². The summed E-state index contributed by atoms with van der Waals surface area (Å²) in [6.07, 6.45) is 7.63. The number of nitrogens with two attached hydrogens (primary N) is 1. The van der Waals surface area contributed by atoms with Crippen molar-refractivity contribution in [3.8, 4) is 5.75 Å². The molecule has 11 heteroatoms. The molecule has 2 N–H and O–H groups in total. The molecule has 3 atom stereocenters. The van der Waals surface area contributed by atoms with Crippen LogP contribution in [-0.4, -0.2) is 82.3 Å². The summed E-state index contributed by atoms with van der Waals surface area (Å²) in [4.78, 5) is 32.6. The second-order valence-corrected chi connectivity index (χ2v) is 11.8. The van der Waals surface area contributed by atoms with Crippen molar-refractivity contribution in [2.75, 3.05) is 49.1 Å². The monoisotopic (exact) mass is 540 g/mol. The first-order chi connectivity index (χ1) is 18.8. The molecule has 5 heterocycles. The highest BCUT2D eigenvalue weighted by Gasteiger charge is 2.38. The number of aryl methyl sites for hydroxylation is 1. The summed E-state index contributed by atoms with van der Waals surface area (Å²) >= 11 is 0. The first-order valence-corrected chi connectivity index (χ1v) is 14.6. The highest BCUT2D eigenvalue weighted by atomic mass is 16.5. The number of carbonyl (C=O) groups is 1. The molecule has 0 saturated carbocycles. The maximum atomic E-state index is 12.4. The van der Waals surface area contributed by atoms with Crippen LogP contribution in [0.4, 0.5) is 12.0 Å². The van der Waals surface area contributed by atoms with Crippen LogP contribution in [0.1, 0.15) is 76.7 Å². The Kier molecular flexibility index (Phi) is 8.54. The van der Waals surface area contributed by atoms with Crippen LogP contribution in [-0.2, 0) is 4.79 Å². The average molecular weight is 541 g/mol. The van der Waals surface area contributed by atoms with Crippen LogP contribution in [0.2, 0.25) is 0 Å². The van der Waals surface area contributed by atoms with Gasteiger partial charge in [0.25, 0.3) is 0 Å². The molecule has 3 aliphatic rings. The number of hydrogen-bond donors (Lipinski definition) is 1. The van der Waals surface area contributed by atoms with E-state index >= 15 is 0 Å². The molecule has 0 unspecified atom stereocenters. The van der Waals surface area contributed by atoms with Gasteiger partial charge in [-0.1, -0.05) is 25.9 Å². The summed E-state index contributed by atoms with van der Waals surface area (Å²) < 4.78 is 11.6. The Morgan fingerprint density at radius 2 is 1.90 bits per heavy atom. The van der Waals surface area contributed by atoms with Gasteiger partial charge >= 0.3 is 6.01 Å². The highest BCUT2D eigenvalue weighted by molar-refractivity contribution is 5.77. The van der Waals surface area contributed by atoms with E-state index in [4.69, 9.17) is 20.0 Å². The molecule has 0 aromatic carbocycles. The van der Waals surface area contributed by atoms with Crippen molar-refractivity contribution in [3.63, 3.8) is 0 Å². The maximum absolute atomic E-state index is 12.4. The Bertz CT molecular complexity index is 1120. The number of piperidine rings is 2. The second-order valence-electron chi connectivity index (χ2n) is 11.8. The zero-order chi connectivity index (χ0) is 27.5. The molecule has 39 heavy (non-hydrogen) atoms. The van der Waals surface area contributed by atoms with Gasteiger partial charge in [0.2, 0.25) is 11.9 Å². The van der Waals surface area contributed by atoms with Crippen molar-refractivity contribution in [2.24, 2.45) is 17.6 Å². The second kappa shape index (κ2) is 12.1. The maximum Gasteiger partial charge on any atom is 0.324 e. The minimum atomic E-state index is -0.0928. The lowest BCUT2D eigenvalue weighted by molar-refractivity contribution is -0.135. The third-order valence-electron chi connectivity index (χ3n) is 8.69. The molecular weight excluding hydrogens is 496 g/mol. The molecule has 3 aliphatic heterocycles. The summed E-state index contributed by atoms with van der Waals surface area (Å²) in [5, 5.41) is 4.10. The van der Waals surface area contributed by atoms with E-state index in [1.807, 2.05) is 11.8 Å². The van der Waals surface area contributed by atoms with E-state index in [-0.39, 0.29) is 23.9 Å². The van der Waals surface area contributed by atoms with E-state index in [2.05, 4.69) is 45.7 Å². The number of likely N-dealkylation sites (tertiary alicyclic amines) is 1. The summed E-state index contributed by atoms with van der Waals surface area (Å²) in [5.74, 6) is 3.85. The molecule has 2 aromatic heterocycles. The lowest BCUT2D eigenvalue weighted by Gasteiger charge is -2.34. The van der Waals surface area contributed by atoms with Crippen molar-refractivity contribution in [3.05, 3.63) is 17.7 Å². The first-order valence-electron chi connectivity index (χ1n) is 14.6. The minimum Gasteiger partial charge on any atom is -0.490 e. The quantitative estimate of drug-likeness (QED) is 0.507. The number of aromatic nitrogens is 4. The number of amides is 1. The average Bonchev–Trinajstić information content (AvgIpc) is 3.58. The van der Waals surface area contributed by atoms with Crippen LogP contribution < -0.4 is 20.3 Å². The van der Waals surface area contributed by atoms with Gasteiger partial charge in [0.15, 0.2) is 11.6 Å². The van der Waals surface area contributed by atoms with Crippen LogP contribution in [0, 0.1) is 18.8 Å². The van der Waals surface area contributed by atoms with E-state index < -0.39 is 0 Å². The van der Waals surface area contributed by atoms with Gasteiger partial charge in [-0.2, -0.15) is 4.98 Å². The normalized spacial score (nSPS) is 23.6. The minimum absolute atomic E-state index is 0.0236. The van der Waals surface area contributed by atoms with Crippen molar-refractivity contribution >= 4 is 17.9 Å². The number of anilines is 2. The molecule has 2 aromatic rings. The van der Waals surface area contributed by atoms with E-state index in [9.17, 15) is 4.79 Å². The molecular formula is C28H44N8O3. The van der Waals surface area contributed by atoms with Gasteiger partial charge in [0, 0.05) is 51.1 Å². The number of carbonyl (C=O) groups excluding carboxylic acids is 1. The fourth-order valence-corrected chi connectivity index (χ4v) is 6.06. The van der Waals surface area contributed by atoms with Crippen LogP contribution in [0.25, 0.3) is 0 Å². The van der Waals surface area contributed by atoms with Crippen LogP contribution in [0.5, 0.6) is 5.75 Å². The first kappa shape index (κ1) is 27.6. The Hall–Kier alpha value is -2.95. The smallest absolute Gasteiger partial charge is 0.324 e. The summed E-state index contributed by atoms with van der Waals surface area (Å²) in [6, 6.07) is 0.582. The zero-order valence-corrected chi connectivity index (χ0v) is 23.9. The van der Waals surface area contributed by atoms with Crippen molar-refractivity contribution in [1.82, 2.24) is 25.0 Å². The number of nitrogens with zero attached hydrogens (tertiary/aromatic N) is 7. The summed E-state index contributed by atoms with van der Waals surface area (Å²) in [7, 11) is 0. The molecule has 1 amide bonds. The SMILES string of the molecule is Cc1nc(N2C[C@H](N)[C@@H](N3CCCCC3=O)C2)ncc1OCC[C@@H](C)C1CCN(c2nc(C(C)C)no2)CC1. The Labute approximate surface area is 231 Å². The highest BCUT2D eigenvalue weighted by Crippen LogP contribution is 2.30. The van der Waals surface area contributed by atoms with Gasteiger partial charge < -0.3 is 29.7 Å².